The molecule has 1 aliphatic heterocycles. The maximum atomic E-state index is 4.00. The molecule has 1 saturated heterocycles. The van der Waals surface area contributed by atoms with E-state index in [2.05, 4.69) is 10.6 Å². The molecule has 4 saturated carbocycles. The topological polar surface area (TPSA) is 24.1 Å². The van der Waals surface area contributed by atoms with Crippen LogP contribution in [0.25, 0.3) is 0 Å². The molecule has 0 radical (unpaired) electrons. The highest BCUT2D eigenvalue weighted by Gasteiger charge is 2.51. The molecule has 5 fully saturated rings. The van der Waals surface area contributed by atoms with Crippen molar-refractivity contribution in [1.82, 2.24) is 10.6 Å². The lowest BCUT2D eigenvalue weighted by atomic mass is 9.53. The van der Waals surface area contributed by atoms with Crippen LogP contribution in [0.1, 0.15) is 38.5 Å². The molecule has 0 aromatic carbocycles. The van der Waals surface area contributed by atoms with Crippen molar-refractivity contribution in [3.8, 4) is 0 Å². The van der Waals surface area contributed by atoms with Crippen molar-refractivity contribution >= 4 is 0 Å². The summed E-state index contributed by atoms with van der Waals surface area (Å²) in [6.45, 7) is 2.42. The minimum atomic E-state index is 0.585. The summed E-state index contributed by atoms with van der Waals surface area (Å²) in [4.78, 5) is 0. The van der Waals surface area contributed by atoms with E-state index in [1.165, 1.54) is 32.4 Å². The van der Waals surface area contributed by atoms with E-state index in [-0.39, 0.29) is 0 Å². The van der Waals surface area contributed by atoms with Gasteiger partial charge in [-0.05, 0) is 56.3 Å². The van der Waals surface area contributed by atoms with Gasteiger partial charge < -0.3 is 10.6 Å². The Hall–Kier alpha value is -0.0800. The van der Waals surface area contributed by atoms with Gasteiger partial charge in [0, 0.05) is 24.7 Å². The molecule has 0 aromatic heterocycles. The first-order valence-corrected chi connectivity index (χ1v) is 6.80. The highest BCUT2D eigenvalue weighted by molar-refractivity contribution is 5.08. The smallest absolute Gasteiger partial charge is 0.0322 e. The quantitative estimate of drug-likeness (QED) is 0.716. The van der Waals surface area contributed by atoms with Crippen LogP contribution in [0.4, 0.5) is 0 Å². The van der Waals surface area contributed by atoms with Crippen LogP contribution in [-0.2, 0) is 0 Å². The van der Waals surface area contributed by atoms with Gasteiger partial charge in [0.2, 0.25) is 0 Å². The van der Waals surface area contributed by atoms with Crippen LogP contribution < -0.4 is 10.6 Å². The molecule has 4 aliphatic carbocycles. The van der Waals surface area contributed by atoms with Crippen molar-refractivity contribution in [3.63, 3.8) is 0 Å². The zero-order valence-corrected chi connectivity index (χ0v) is 9.47. The Bertz CT molecular complexity index is 234. The molecule has 5 rings (SSSR count). The fourth-order valence-corrected chi connectivity index (χ4v) is 5.11. The third-order valence-corrected chi connectivity index (χ3v) is 5.33. The van der Waals surface area contributed by atoms with Gasteiger partial charge in [-0.3, -0.25) is 0 Å². The van der Waals surface area contributed by atoms with Gasteiger partial charge in [-0.1, -0.05) is 0 Å². The number of hydrogen-bond donors (Lipinski definition) is 2. The monoisotopic (exact) mass is 206 g/mol. The summed E-state index contributed by atoms with van der Waals surface area (Å²) in [5.41, 5.74) is 0.585. The lowest BCUT2D eigenvalue weighted by Crippen LogP contribution is -2.67. The van der Waals surface area contributed by atoms with Gasteiger partial charge in [-0.15, -0.1) is 0 Å². The Morgan fingerprint density at radius 1 is 0.867 bits per heavy atom. The molecule has 15 heavy (non-hydrogen) atoms. The molecule has 0 unspecified atom stereocenters. The lowest BCUT2D eigenvalue weighted by Gasteiger charge is -2.58. The molecule has 0 aromatic rings. The van der Waals surface area contributed by atoms with E-state index in [1.807, 2.05) is 0 Å². The molecule has 0 spiro atoms. The second kappa shape index (κ2) is 2.98. The maximum absolute atomic E-state index is 4.00. The van der Waals surface area contributed by atoms with Crippen LogP contribution in [0.2, 0.25) is 0 Å². The summed E-state index contributed by atoms with van der Waals surface area (Å²) >= 11 is 0. The summed E-state index contributed by atoms with van der Waals surface area (Å²) in [5, 5.41) is 7.38. The van der Waals surface area contributed by atoms with E-state index < -0.39 is 0 Å². The largest absolute Gasteiger partial charge is 0.314 e. The highest BCUT2D eigenvalue weighted by atomic mass is 15.1. The van der Waals surface area contributed by atoms with Crippen LogP contribution in [0.15, 0.2) is 0 Å². The first-order valence-electron chi connectivity index (χ1n) is 6.80. The van der Waals surface area contributed by atoms with E-state index in [0.29, 0.717) is 5.54 Å². The summed E-state index contributed by atoms with van der Waals surface area (Å²) in [5.74, 6) is 3.24. The standard InChI is InChI=1S/C13H22N2/c1-9-2-11-3-10(1)5-13(4-9,6-11)15-12-7-14-8-12/h9-12,14-15H,1-8H2. The molecule has 2 N–H and O–H groups in total. The minimum absolute atomic E-state index is 0.585. The molecular weight excluding hydrogens is 184 g/mol. The van der Waals surface area contributed by atoms with Gasteiger partial charge in [-0.2, -0.15) is 0 Å². The van der Waals surface area contributed by atoms with Gasteiger partial charge >= 0.3 is 0 Å². The Morgan fingerprint density at radius 2 is 1.40 bits per heavy atom. The molecular formula is C13H22N2. The van der Waals surface area contributed by atoms with Crippen molar-refractivity contribution < 1.29 is 0 Å². The van der Waals surface area contributed by atoms with Gasteiger partial charge in [0.25, 0.3) is 0 Å². The third kappa shape index (κ3) is 1.38. The summed E-state index contributed by atoms with van der Waals surface area (Å²) in [6.07, 6.45) is 9.16. The second-order valence-electron chi connectivity index (χ2n) is 6.70. The van der Waals surface area contributed by atoms with Crippen LogP contribution in [0, 0.1) is 17.8 Å². The van der Waals surface area contributed by atoms with Crippen molar-refractivity contribution in [3.05, 3.63) is 0 Å². The molecule has 2 nitrogen and oxygen atoms in total. The highest BCUT2D eigenvalue weighted by Crippen LogP contribution is 2.55. The Morgan fingerprint density at radius 3 is 1.80 bits per heavy atom. The van der Waals surface area contributed by atoms with Gasteiger partial charge in [-0.25, -0.2) is 0 Å². The number of hydrogen-bond acceptors (Lipinski definition) is 2. The predicted molar refractivity (Wildman–Crippen MR) is 60.7 cm³/mol. The minimum Gasteiger partial charge on any atom is -0.314 e. The second-order valence-corrected chi connectivity index (χ2v) is 6.70. The maximum Gasteiger partial charge on any atom is 0.0322 e. The molecule has 2 heteroatoms. The zero-order chi connectivity index (χ0) is 9.88. The predicted octanol–water partition coefficient (Wildman–Crippen LogP) is 1.52. The number of nitrogens with one attached hydrogen (secondary N) is 2. The molecule has 0 amide bonds. The SMILES string of the molecule is C1C2CC3CC1CC(NC1CNC1)(C2)C3. The average Bonchev–Trinajstić information content (AvgIpc) is 2.09. The Balaban J connectivity index is 1.55. The fraction of sp³-hybridized carbons (Fsp3) is 1.00. The van der Waals surface area contributed by atoms with Crippen LogP contribution in [-0.4, -0.2) is 24.7 Å². The third-order valence-electron chi connectivity index (χ3n) is 5.33. The molecule has 84 valence electrons. The summed E-state index contributed by atoms with van der Waals surface area (Å²) < 4.78 is 0. The van der Waals surface area contributed by atoms with E-state index in [1.54, 1.807) is 19.3 Å². The van der Waals surface area contributed by atoms with Crippen LogP contribution >= 0.6 is 0 Å². The summed E-state index contributed by atoms with van der Waals surface area (Å²) in [6, 6.07) is 0.793. The summed E-state index contributed by atoms with van der Waals surface area (Å²) in [7, 11) is 0. The Labute approximate surface area is 92.2 Å². The first-order chi connectivity index (χ1) is 7.31. The fourth-order valence-electron chi connectivity index (χ4n) is 5.11. The molecule has 0 atom stereocenters. The van der Waals surface area contributed by atoms with Crippen molar-refractivity contribution in [2.75, 3.05) is 13.1 Å². The van der Waals surface area contributed by atoms with E-state index in [9.17, 15) is 0 Å². The molecule has 1 heterocycles. The van der Waals surface area contributed by atoms with E-state index >= 15 is 0 Å². The van der Waals surface area contributed by atoms with Crippen molar-refractivity contribution in [2.24, 2.45) is 17.8 Å². The van der Waals surface area contributed by atoms with Crippen molar-refractivity contribution in [2.45, 2.75) is 50.1 Å². The number of rotatable bonds is 2. The zero-order valence-electron chi connectivity index (χ0n) is 9.47. The lowest BCUT2D eigenvalue weighted by molar-refractivity contribution is -0.0282. The first kappa shape index (κ1) is 9.00. The van der Waals surface area contributed by atoms with E-state index in [4.69, 9.17) is 0 Å². The van der Waals surface area contributed by atoms with E-state index in [0.717, 1.165) is 23.8 Å². The normalized spacial score (nSPS) is 53.2. The van der Waals surface area contributed by atoms with Crippen molar-refractivity contribution in [1.29, 1.82) is 0 Å². The molecule has 4 bridgehead atoms. The van der Waals surface area contributed by atoms with Gasteiger partial charge in [0.15, 0.2) is 0 Å². The van der Waals surface area contributed by atoms with Gasteiger partial charge in [0.1, 0.15) is 0 Å². The van der Waals surface area contributed by atoms with Crippen LogP contribution in [0.5, 0.6) is 0 Å². The van der Waals surface area contributed by atoms with Crippen LogP contribution in [0.3, 0.4) is 0 Å². The Kier molecular flexibility index (Phi) is 1.79. The van der Waals surface area contributed by atoms with Gasteiger partial charge in [0.05, 0.1) is 0 Å². The average molecular weight is 206 g/mol. The molecule has 5 aliphatic rings.